The second kappa shape index (κ2) is 6.86. The lowest BCUT2D eigenvalue weighted by molar-refractivity contribution is -0.126. The van der Waals surface area contributed by atoms with Gasteiger partial charge in [-0.15, -0.1) is 0 Å². The maximum absolute atomic E-state index is 12.5. The number of nitrogens with one attached hydrogen (secondary N) is 1. The maximum atomic E-state index is 12.5. The summed E-state index contributed by atoms with van der Waals surface area (Å²) in [7, 11) is 6.02. The van der Waals surface area contributed by atoms with E-state index < -0.39 is 0 Å². The van der Waals surface area contributed by atoms with Crippen LogP contribution in [0.1, 0.15) is 24.4 Å². The van der Waals surface area contributed by atoms with E-state index in [9.17, 15) is 4.79 Å². The second-order valence-corrected chi connectivity index (χ2v) is 5.80. The van der Waals surface area contributed by atoms with Crippen LogP contribution in [-0.2, 0) is 4.79 Å². The van der Waals surface area contributed by atoms with E-state index in [2.05, 4.69) is 17.3 Å². The van der Waals surface area contributed by atoms with Crippen molar-refractivity contribution in [2.45, 2.75) is 24.9 Å². The molecule has 4 heteroatoms. The van der Waals surface area contributed by atoms with Crippen molar-refractivity contribution in [1.29, 1.82) is 0 Å². The van der Waals surface area contributed by atoms with Crippen molar-refractivity contribution in [2.75, 3.05) is 34.2 Å². The van der Waals surface area contributed by atoms with Crippen molar-refractivity contribution < 1.29 is 4.79 Å². The van der Waals surface area contributed by atoms with Gasteiger partial charge in [0.1, 0.15) is 6.04 Å². The summed E-state index contributed by atoms with van der Waals surface area (Å²) in [5.74, 6) is 0.0847. The van der Waals surface area contributed by atoms with Gasteiger partial charge in [-0.25, -0.2) is 0 Å². The van der Waals surface area contributed by atoms with Crippen LogP contribution in [-0.4, -0.2) is 56.0 Å². The molecular weight excluding hydrogens is 250 g/mol. The monoisotopic (exact) mass is 275 g/mol. The minimum Gasteiger partial charge on any atom is -0.353 e. The molecule has 1 aromatic rings. The molecule has 0 unspecified atom stereocenters. The smallest absolute Gasteiger partial charge is 0.241 e. The third-order valence-electron chi connectivity index (χ3n) is 4.06. The van der Waals surface area contributed by atoms with Crippen molar-refractivity contribution in [3.05, 3.63) is 35.9 Å². The average molecular weight is 275 g/mol. The Labute approximate surface area is 121 Å². The normalized spacial score (nSPS) is 21.1. The van der Waals surface area contributed by atoms with Gasteiger partial charge in [-0.05, 0) is 46.1 Å². The number of rotatable bonds is 5. The lowest BCUT2D eigenvalue weighted by Gasteiger charge is -2.26. The van der Waals surface area contributed by atoms with Crippen LogP contribution in [0.2, 0.25) is 0 Å². The quantitative estimate of drug-likeness (QED) is 0.884. The molecule has 2 rings (SSSR count). The fourth-order valence-electron chi connectivity index (χ4n) is 2.87. The molecule has 110 valence electrons. The summed E-state index contributed by atoms with van der Waals surface area (Å²) in [4.78, 5) is 16.8. The molecule has 4 nitrogen and oxygen atoms in total. The summed E-state index contributed by atoms with van der Waals surface area (Å²) in [6, 6.07) is 10.2. The highest BCUT2D eigenvalue weighted by atomic mass is 16.2. The number of hydrogen-bond donors (Lipinski definition) is 1. The number of hydrogen-bond acceptors (Lipinski definition) is 3. The molecule has 1 aliphatic heterocycles. The van der Waals surface area contributed by atoms with Gasteiger partial charge in [-0.1, -0.05) is 30.3 Å². The lowest BCUT2D eigenvalue weighted by atomic mass is 10.1. The van der Waals surface area contributed by atoms with Crippen LogP contribution in [0.3, 0.4) is 0 Å². The zero-order chi connectivity index (χ0) is 14.5. The number of amides is 1. The predicted molar refractivity (Wildman–Crippen MR) is 81.5 cm³/mol. The second-order valence-electron chi connectivity index (χ2n) is 5.80. The van der Waals surface area contributed by atoms with Gasteiger partial charge in [0.15, 0.2) is 0 Å². The maximum Gasteiger partial charge on any atom is 0.241 e. The van der Waals surface area contributed by atoms with Crippen LogP contribution in [0.15, 0.2) is 30.3 Å². The molecule has 0 saturated carbocycles. The highest BCUT2D eigenvalue weighted by Crippen LogP contribution is 2.19. The SMILES string of the molecule is CN(C)[C@H](C(=O)NC[C@@H]1CCCN1C)c1ccccc1. The Kier molecular flexibility index (Phi) is 5.15. The third kappa shape index (κ3) is 3.58. The summed E-state index contributed by atoms with van der Waals surface area (Å²) in [5, 5.41) is 3.11. The Bertz CT molecular complexity index is 433. The van der Waals surface area contributed by atoms with E-state index >= 15 is 0 Å². The van der Waals surface area contributed by atoms with Gasteiger partial charge in [0.25, 0.3) is 0 Å². The van der Waals surface area contributed by atoms with E-state index in [0.717, 1.165) is 18.7 Å². The molecule has 1 aliphatic rings. The standard InChI is InChI=1S/C16H25N3O/c1-18(2)15(13-8-5-4-6-9-13)16(20)17-12-14-10-7-11-19(14)3/h4-6,8-9,14-15H,7,10-12H2,1-3H3,(H,17,20)/t14-,15-/m0/s1. The van der Waals surface area contributed by atoms with Crippen molar-refractivity contribution in [2.24, 2.45) is 0 Å². The fourth-order valence-corrected chi connectivity index (χ4v) is 2.87. The molecule has 0 spiro atoms. The van der Waals surface area contributed by atoms with Gasteiger partial charge in [-0.3, -0.25) is 9.69 Å². The molecule has 0 bridgehead atoms. The van der Waals surface area contributed by atoms with Gasteiger partial charge in [-0.2, -0.15) is 0 Å². The van der Waals surface area contributed by atoms with E-state index in [1.807, 2.05) is 49.3 Å². The lowest BCUT2D eigenvalue weighted by Crippen LogP contribution is -2.43. The molecular formula is C16H25N3O. The molecule has 1 saturated heterocycles. The Balaban J connectivity index is 1.97. The highest BCUT2D eigenvalue weighted by molar-refractivity contribution is 5.83. The zero-order valence-corrected chi connectivity index (χ0v) is 12.7. The van der Waals surface area contributed by atoms with Gasteiger partial charge in [0.2, 0.25) is 5.91 Å². The minimum absolute atomic E-state index is 0.0847. The van der Waals surface area contributed by atoms with Gasteiger partial charge < -0.3 is 10.2 Å². The number of likely N-dealkylation sites (tertiary alicyclic amines) is 1. The zero-order valence-electron chi connectivity index (χ0n) is 12.7. The van der Waals surface area contributed by atoms with E-state index in [1.54, 1.807) is 0 Å². The van der Waals surface area contributed by atoms with Crippen molar-refractivity contribution in [3.63, 3.8) is 0 Å². The van der Waals surface area contributed by atoms with Crippen molar-refractivity contribution >= 4 is 5.91 Å². The van der Waals surface area contributed by atoms with Crippen molar-refractivity contribution in [1.82, 2.24) is 15.1 Å². The van der Waals surface area contributed by atoms with Crippen LogP contribution >= 0.6 is 0 Å². The average Bonchev–Trinajstić information content (AvgIpc) is 2.83. The number of carbonyl (C=O) groups is 1. The molecule has 1 amide bonds. The fraction of sp³-hybridized carbons (Fsp3) is 0.562. The van der Waals surface area contributed by atoms with E-state index in [1.165, 1.54) is 12.8 Å². The topological polar surface area (TPSA) is 35.6 Å². The molecule has 0 aromatic heterocycles. The summed E-state index contributed by atoms with van der Waals surface area (Å²) in [6.45, 7) is 1.88. The first-order valence-electron chi connectivity index (χ1n) is 7.29. The van der Waals surface area contributed by atoms with E-state index in [4.69, 9.17) is 0 Å². The number of carbonyl (C=O) groups excluding carboxylic acids is 1. The van der Waals surface area contributed by atoms with Crippen LogP contribution in [0.25, 0.3) is 0 Å². The third-order valence-corrected chi connectivity index (χ3v) is 4.06. The first kappa shape index (κ1) is 15.0. The Morgan fingerprint density at radius 2 is 2.10 bits per heavy atom. The predicted octanol–water partition coefficient (Wildman–Crippen LogP) is 1.50. The first-order valence-corrected chi connectivity index (χ1v) is 7.29. The van der Waals surface area contributed by atoms with Crippen LogP contribution in [0, 0.1) is 0 Å². The molecule has 20 heavy (non-hydrogen) atoms. The van der Waals surface area contributed by atoms with Gasteiger partial charge in [0.05, 0.1) is 0 Å². The van der Waals surface area contributed by atoms with E-state index in [-0.39, 0.29) is 11.9 Å². The largest absolute Gasteiger partial charge is 0.353 e. The Hall–Kier alpha value is -1.39. The molecule has 1 fully saturated rings. The number of nitrogens with zero attached hydrogens (tertiary/aromatic N) is 2. The molecule has 0 radical (unpaired) electrons. The first-order chi connectivity index (χ1) is 9.59. The van der Waals surface area contributed by atoms with E-state index in [0.29, 0.717) is 6.04 Å². The van der Waals surface area contributed by atoms with Gasteiger partial charge >= 0.3 is 0 Å². The minimum atomic E-state index is -0.220. The number of likely N-dealkylation sites (N-methyl/N-ethyl adjacent to an activating group) is 2. The molecule has 0 aliphatic carbocycles. The molecule has 1 aromatic carbocycles. The summed E-state index contributed by atoms with van der Waals surface area (Å²) in [5.41, 5.74) is 1.04. The van der Waals surface area contributed by atoms with Gasteiger partial charge in [0, 0.05) is 12.6 Å². The molecule has 1 N–H and O–H groups in total. The van der Waals surface area contributed by atoms with Crippen LogP contribution in [0.5, 0.6) is 0 Å². The van der Waals surface area contributed by atoms with Crippen LogP contribution < -0.4 is 5.32 Å². The summed E-state index contributed by atoms with van der Waals surface area (Å²) < 4.78 is 0. The summed E-state index contributed by atoms with van der Waals surface area (Å²) >= 11 is 0. The Morgan fingerprint density at radius 1 is 1.40 bits per heavy atom. The molecule has 1 heterocycles. The highest BCUT2D eigenvalue weighted by Gasteiger charge is 2.25. The number of benzene rings is 1. The van der Waals surface area contributed by atoms with Crippen molar-refractivity contribution in [3.8, 4) is 0 Å². The Morgan fingerprint density at radius 3 is 2.65 bits per heavy atom. The summed E-state index contributed by atoms with van der Waals surface area (Å²) in [6.07, 6.45) is 2.40. The molecule has 2 atom stereocenters. The van der Waals surface area contributed by atoms with Crippen LogP contribution in [0.4, 0.5) is 0 Å².